The Balaban J connectivity index is 0.00000200. The van der Waals surface area contributed by atoms with Crippen molar-refractivity contribution in [2.24, 2.45) is 0 Å². The minimum absolute atomic E-state index is 0. The van der Waals surface area contributed by atoms with E-state index in [0.717, 1.165) is 12.8 Å². The van der Waals surface area contributed by atoms with Gasteiger partial charge in [-0.15, -0.1) is 12.4 Å². The second-order valence-corrected chi connectivity index (χ2v) is 4.45. The monoisotopic (exact) mass is 299 g/mol. The summed E-state index contributed by atoms with van der Waals surface area (Å²) in [6.07, 6.45) is 3.27. The van der Waals surface area contributed by atoms with E-state index in [2.05, 4.69) is 4.98 Å². The molecule has 0 aromatic carbocycles. The number of hydrogen-bond acceptors (Lipinski definition) is 5. The fourth-order valence-corrected chi connectivity index (χ4v) is 1.78. The summed E-state index contributed by atoms with van der Waals surface area (Å²) in [6.45, 7) is 2.03. The van der Waals surface area contributed by atoms with Crippen LogP contribution >= 0.6 is 12.4 Å². The summed E-state index contributed by atoms with van der Waals surface area (Å²) in [5.41, 5.74) is 6.33. The fraction of sp³-hybridized carbons (Fsp3) is 0.462. The molecular weight excluding hydrogens is 282 g/mol. The highest BCUT2D eigenvalue weighted by Gasteiger charge is 2.35. The van der Waals surface area contributed by atoms with Crippen molar-refractivity contribution in [3.8, 4) is 0 Å². The van der Waals surface area contributed by atoms with Crippen LogP contribution in [-0.4, -0.2) is 41.0 Å². The minimum atomic E-state index is -0.391. The molecule has 2 rings (SSSR count). The number of rotatable bonds is 5. The molecular formula is C13H18ClN3O3. The molecule has 0 spiro atoms. The van der Waals surface area contributed by atoms with E-state index in [4.69, 9.17) is 10.5 Å². The fourth-order valence-electron chi connectivity index (χ4n) is 1.78. The average Bonchev–Trinajstić information content (AvgIpc) is 3.21. The first kappa shape index (κ1) is 16.2. The first-order valence-corrected chi connectivity index (χ1v) is 6.30. The van der Waals surface area contributed by atoms with Crippen LogP contribution in [0.15, 0.2) is 18.3 Å². The molecule has 110 valence electrons. The quantitative estimate of drug-likeness (QED) is 0.827. The number of ether oxygens (including phenoxy) is 1. The smallest absolute Gasteiger partial charge is 0.325 e. The highest BCUT2D eigenvalue weighted by molar-refractivity contribution is 5.94. The Hall–Kier alpha value is -1.82. The molecule has 1 aromatic rings. The maximum atomic E-state index is 12.3. The summed E-state index contributed by atoms with van der Waals surface area (Å²) in [4.78, 5) is 29.3. The van der Waals surface area contributed by atoms with Crippen LogP contribution in [0.1, 0.15) is 30.3 Å². The number of amides is 1. The van der Waals surface area contributed by atoms with Gasteiger partial charge in [0.1, 0.15) is 12.2 Å². The largest absolute Gasteiger partial charge is 0.465 e. The number of anilines is 1. The van der Waals surface area contributed by atoms with E-state index < -0.39 is 5.97 Å². The summed E-state index contributed by atoms with van der Waals surface area (Å²) in [5.74, 6) is -0.645. The molecule has 2 N–H and O–H groups in total. The molecule has 1 aliphatic rings. The number of pyridine rings is 1. The van der Waals surface area contributed by atoms with Gasteiger partial charge in [0.05, 0.1) is 18.5 Å². The first-order chi connectivity index (χ1) is 9.11. The van der Waals surface area contributed by atoms with Gasteiger partial charge in [-0.25, -0.2) is 4.98 Å². The van der Waals surface area contributed by atoms with Gasteiger partial charge in [0.25, 0.3) is 5.91 Å². The van der Waals surface area contributed by atoms with E-state index in [9.17, 15) is 9.59 Å². The Morgan fingerprint density at radius 3 is 2.65 bits per heavy atom. The molecule has 20 heavy (non-hydrogen) atoms. The second-order valence-electron chi connectivity index (χ2n) is 4.45. The van der Waals surface area contributed by atoms with Crippen LogP contribution in [0.4, 0.5) is 5.69 Å². The number of halogens is 1. The van der Waals surface area contributed by atoms with Gasteiger partial charge in [-0.1, -0.05) is 0 Å². The van der Waals surface area contributed by atoms with E-state index in [-0.39, 0.29) is 30.9 Å². The number of carbonyl (C=O) groups is 2. The van der Waals surface area contributed by atoms with Crippen LogP contribution < -0.4 is 5.73 Å². The van der Waals surface area contributed by atoms with E-state index >= 15 is 0 Å². The lowest BCUT2D eigenvalue weighted by Gasteiger charge is -2.20. The number of hydrogen-bond donors (Lipinski definition) is 1. The van der Waals surface area contributed by atoms with Crippen LogP contribution in [0.2, 0.25) is 0 Å². The predicted molar refractivity (Wildman–Crippen MR) is 76.6 cm³/mol. The zero-order chi connectivity index (χ0) is 13.8. The van der Waals surface area contributed by atoms with Gasteiger partial charge in [-0.05, 0) is 31.9 Å². The van der Waals surface area contributed by atoms with Crippen molar-refractivity contribution in [3.63, 3.8) is 0 Å². The molecule has 0 saturated heterocycles. The number of aromatic nitrogens is 1. The molecule has 1 aliphatic carbocycles. The third kappa shape index (κ3) is 4.09. The molecule has 0 aliphatic heterocycles. The Labute approximate surface area is 123 Å². The average molecular weight is 300 g/mol. The third-order valence-corrected chi connectivity index (χ3v) is 2.86. The lowest BCUT2D eigenvalue weighted by Crippen LogP contribution is -2.38. The Kier molecular flexibility index (Phi) is 5.76. The van der Waals surface area contributed by atoms with Crippen molar-refractivity contribution in [1.82, 2.24) is 9.88 Å². The van der Waals surface area contributed by atoms with Gasteiger partial charge in [0.15, 0.2) is 0 Å². The number of nitrogens with zero attached hydrogens (tertiary/aromatic N) is 2. The summed E-state index contributed by atoms with van der Waals surface area (Å²) < 4.78 is 4.88. The van der Waals surface area contributed by atoms with Gasteiger partial charge in [0, 0.05) is 6.04 Å². The summed E-state index contributed by atoms with van der Waals surface area (Å²) in [6, 6.07) is 3.31. The highest BCUT2D eigenvalue weighted by atomic mass is 35.5. The molecule has 1 aromatic heterocycles. The molecule has 7 heteroatoms. The van der Waals surface area contributed by atoms with Crippen molar-refractivity contribution < 1.29 is 14.3 Å². The lowest BCUT2D eigenvalue weighted by molar-refractivity contribution is -0.144. The topological polar surface area (TPSA) is 85.5 Å². The second kappa shape index (κ2) is 7.09. The molecule has 0 radical (unpaired) electrons. The molecule has 1 saturated carbocycles. The zero-order valence-electron chi connectivity index (χ0n) is 11.2. The lowest BCUT2D eigenvalue weighted by atomic mass is 10.3. The van der Waals surface area contributed by atoms with Crippen LogP contribution in [0, 0.1) is 0 Å². The Morgan fingerprint density at radius 2 is 2.15 bits per heavy atom. The zero-order valence-corrected chi connectivity index (χ0v) is 12.1. The third-order valence-electron chi connectivity index (χ3n) is 2.86. The Bertz CT molecular complexity index is 474. The molecule has 0 atom stereocenters. The number of carbonyl (C=O) groups excluding carboxylic acids is 2. The van der Waals surface area contributed by atoms with Crippen molar-refractivity contribution in [2.45, 2.75) is 25.8 Å². The van der Waals surface area contributed by atoms with E-state index in [0.29, 0.717) is 18.0 Å². The van der Waals surface area contributed by atoms with E-state index in [1.807, 2.05) is 0 Å². The molecule has 6 nitrogen and oxygen atoms in total. The number of nitrogens with two attached hydrogens (primary N) is 1. The van der Waals surface area contributed by atoms with Crippen molar-refractivity contribution in [1.29, 1.82) is 0 Å². The van der Waals surface area contributed by atoms with Gasteiger partial charge >= 0.3 is 5.97 Å². The molecule has 1 amide bonds. The first-order valence-electron chi connectivity index (χ1n) is 6.30. The van der Waals surface area contributed by atoms with Crippen LogP contribution in [-0.2, 0) is 9.53 Å². The van der Waals surface area contributed by atoms with Crippen molar-refractivity contribution >= 4 is 30.0 Å². The van der Waals surface area contributed by atoms with Crippen LogP contribution in [0.3, 0.4) is 0 Å². The van der Waals surface area contributed by atoms with Gasteiger partial charge in [-0.2, -0.15) is 0 Å². The van der Waals surface area contributed by atoms with E-state index in [1.54, 1.807) is 19.1 Å². The normalized spacial score (nSPS) is 13.2. The maximum absolute atomic E-state index is 12.3. The summed E-state index contributed by atoms with van der Waals surface area (Å²) in [5, 5.41) is 0. The van der Waals surface area contributed by atoms with Gasteiger partial charge < -0.3 is 15.4 Å². The molecule has 1 heterocycles. The van der Waals surface area contributed by atoms with Crippen molar-refractivity contribution in [3.05, 3.63) is 24.0 Å². The maximum Gasteiger partial charge on any atom is 0.325 e. The molecule has 1 fully saturated rings. The van der Waals surface area contributed by atoms with E-state index in [1.165, 1.54) is 11.1 Å². The SMILES string of the molecule is CCOC(=O)CN(C(=O)c1ccc(N)cn1)C1CC1.Cl. The molecule has 0 bridgehead atoms. The van der Waals surface area contributed by atoms with Gasteiger partial charge in [-0.3, -0.25) is 9.59 Å². The minimum Gasteiger partial charge on any atom is -0.465 e. The number of esters is 1. The van der Waals surface area contributed by atoms with Crippen molar-refractivity contribution in [2.75, 3.05) is 18.9 Å². The van der Waals surface area contributed by atoms with Crippen LogP contribution in [0.25, 0.3) is 0 Å². The number of nitrogen functional groups attached to an aromatic ring is 1. The summed E-state index contributed by atoms with van der Waals surface area (Å²) >= 11 is 0. The Morgan fingerprint density at radius 1 is 1.45 bits per heavy atom. The standard InChI is InChI=1S/C13H17N3O3.ClH/c1-2-19-12(17)8-16(10-4-5-10)13(18)11-6-3-9(14)7-15-11;/h3,6-7,10H,2,4-5,8,14H2,1H3;1H. The van der Waals surface area contributed by atoms with Gasteiger partial charge in [0.2, 0.25) is 0 Å². The summed E-state index contributed by atoms with van der Waals surface area (Å²) in [7, 11) is 0. The predicted octanol–water partition coefficient (Wildman–Crippen LogP) is 1.25. The molecule has 0 unspecified atom stereocenters. The van der Waals surface area contributed by atoms with Crippen LogP contribution in [0.5, 0.6) is 0 Å². The highest BCUT2D eigenvalue weighted by Crippen LogP contribution is 2.27.